The molecule has 0 aromatic heterocycles. The first-order valence-electron chi connectivity index (χ1n) is 29.3. The largest absolute Gasteiger partial charge is 0.457 e. The molecular formula is C61H106O12S. The third-order valence-electron chi connectivity index (χ3n) is 13.0. The van der Waals surface area contributed by atoms with Gasteiger partial charge in [-0.15, -0.1) is 0 Å². The average Bonchev–Trinajstić information content (AvgIpc) is 3.38. The number of hydrogen-bond donors (Lipinski definition) is 4. The van der Waals surface area contributed by atoms with Crippen LogP contribution in [0.3, 0.4) is 0 Å². The molecule has 428 valence electrons. The van der Waals surface area contributed by atoms with Gasteiger partial charge in [-0.3, -0.25) is 9.35 Å². The van der Waals surface area contributed by atoms with E-state index < -0.39 is 59.8 Å². The number of aliphatic hydroxyl groups is 3. The fourth-order valence-electron chi connectivity index (χ4n) is 8.61. The molecule has 1 aliphatic rings. The molecule has 74 heavy (non-hydrogen) atoms. The molecule has 0 aliphatic carbocycles. The predicted octanol–water partition coefficient (Wildman–Crippen LogP) is 14.8. The van der Waals surface area contributed by atoms with Crippen molar-refractivity contribution in [2.45, 2.75) is 269 Å². The molecule has 1 saturated heterocycles. The van der Waals surface area contributed by atoms with Gasteiger partial charge in [-0.1, -0.05) is 221 Å². The Morgan fingerprint density at radius 3 is 1.38 bits per heavy atom. The highest BCUT2D eigenvalue weighted by molar-refractivity contribution is 7.80. The Labute approximate surface area is 451 Å². The molecule has 0 aromatic carbocycles. The fraction of sp³-hybridized carbons (Fsp3) is 0.754. The molecule has 6 atom stereocenters. The quantitative estimate of drug-likeness (QED) is 0.0196. The number of carbonyl (C=O) groups is 1. The lowest BCUT2D eigenvalue weighted by Crippen LogP contribution is -2.60. The van der Waals surface area contributed by atoms with Crippen LogP contribution in [-0.4, -0.2) is 97.5 Å². The maximum atomic E-state index is 13.0. The van der Waals surface area contributed by atoms with Crippen LogP contribution in [0.2, 0.25) is 0 Å². The van der Waals surface area contributed by atoms with Gasteiger partial charge in [0.2, 0.25) is 0 Å². The van der Waals surface area contributed by atoms with Gasteiger partial charge in [0, 0.05) is 13.0 Å². The smallest absolute Gasteiger partial charge is 0.397 e. The van der Waals surface area contributed by atoms with E-state index in [1.807, 2.05) is 0 Å². The van der Waals surface area contributed by atoms with Crippen molar-refractivity contribution in [1.29, 1.82) is 0 Å². The van der Waals surface area contributed by atoms with E-state index in [2.05, 4.69) is 103 Å². The van der Waals surface area contributed by atoms with E-state index in [0.29, 0.717) is 13.0 Å². The van der Waals surface area contributed by atoms with Crippen molar-refractivity contribution in [1.82, 2.24) is 0 Å². The van der Waals surface area contributed by atoms with E-state index >= 15 is 0 Å². The highest BCUT2D eigenvalue weighted by Gasteiger charge is 2.48. The summed E-state index contributed by atoms with van der Waals surface area (Å²) in [7, 11) is -5.07. The molecule has 0 spiro atoms. The van der Waals surface area contributed by atoms with Gasteiger partial charge in [0.25, 0.3) is 0 Å². The van der Waals surface area contributed by atoms with Crippen LogP contribution in [0.25, 0.3) is 0 Å². The van der Waals surface area contributed by atoms with Crippen molar-refractivity contribution >= 4 is 16.4 Å². The maximum Gasteiger partial charge on any atom is 0.397 e. The normalized spacial score (nSPS) is 19.4. The highest BCUT2D eigenvalue weighted by Crippen LogP contribution is 2.26. The van der Waals surface area contributed by atoms with Gasteiger partial charge in [-0.25, -0.2) is 4.18 Å². The molecule has 0 amide bonds. The van der Waals surface area contributed by atoms with Crippen LogP contribution in [0, 0.1) is 0 Å². The fourth-order valence-corrected chi connectivity index (χ4v) is 9.12. The standard InChI is InChI=1S/C61H106O12S/c1-3-5-7-9-11-13-15-17-19-21-23-25-26-27-28-29-31-33-35-37-39-41-43-45-47-49-51-69-53-55(54-70-61-59(65)60(73-74(66,67)68)58(64)56(52-62)72-61)71-57(63)50-48-46-44-42-40-38-36-34-32-30-24-22-20-18-16-14-12-10-8-6-4-2/h5,7,11,13,17,19,22-25,27-28,31,33,55-56,58-62,64-65H,3-4,6,8-10,12,14-16,18,20-21,26,29-30,32,34-54H2,1-2H3,(H,66,67,68)/b7-5-,13-11-,19-17-,24-22-,25-23-,28-27-,33-31-. The number of unbranched alkanes of at least 4 members (excludes halogenated alkanes) is 24. The average molecular weight is 1060 g/mol. The number of allylic oxidation sites excluding steroid dienone is 14. The number of hydrogen-bond acceptors (Lipinski definition) is 11. The predicted molar refractivity (Wildman–Crippen MR) is 303 cm³/mol. The van der Waals surface area contributed by atoms with E-state index in [4.69, 9.17) is 18.9 Å². The van der Waals surface area contributed by atoms with E-state index in [1.165, 1.54) is 116 Å². The minimum Gasteiger partial charge on any atom is -0.457 e. The molecule has 0 aromatic rings. The lowest BCUT2D eigenvalue weighted by atomic mass is 9.99. The van der Waals surface area contributed by atoms with Gasteiger partial charge in [0.1, 0.15) is 30.5 Å². The van der Waals surface area contributed by atoms with Crippen LogP contribution < -0.4 is 0 Å². The number of aliphatic hydroxyl groups excluding tert-OH is 3. The Balaban J connectivity index is 2.31. The Hall–Kier alpha value is -2.72. The van der Waals surface area contributed by atoms with E-state index in [1.54, 1.807) is 0 Å². The second-order valence-electron chi connectivity index (χ2n) is 19.8. The summed E-state index contributed by atoms with van der Waals surface area (Å²) < 4.78 is 59.4. The van der Waals surface area contributed by atoms with Gasteiger partial charge in [-0.2, -0.15) is 8.42 Å². The first-order valence-corrected chi connectivity index (χ1v) is 30.7. The lowest BCUT2D eigenvalue weighted by Gasteiger charge is -2.41. The van der Waals surface area contributed by atoms with Gasteiger partial charge < -0.3 is 34.3 Å². The van der Waals surface area contributed by atoms with Crippen LogP contribution in [0.1, 0.15) is 232 Å². The molecule has 0 bridgehead atoms. The third kappa shape index (κ3) is 43.4. The lowest BCUT2D eigenvalue weighted by molar-refractivity contribution is -0.301. The molecule has 0 radical (unpaired) electrons. The van der Waals surface area contributed by atoms with Crippen molar-refractivity contribution in [2.24, 2.45) is 0 Å². The molecule has 0 saturated carbocycles. The molecule has 4 N–H and O–H groups in total. The van der Waals surface area contributed by atoms with Crippen LogP contribution in [0.15, 0.2) is 85.1 Å². The van der Waals surface area contributed by atoms with E-state index in [0.717, 1.165) is 89.9 Å². The van der Waals surface area contributed by atoms with Crippen LogP contribution >= 0.6 is 0 Å². The zero-order chi connectivity index (χ0) is 53.8. The topological polar surface area (TPSA) is 178 Å². The summed E-state index contributed by atoms with van der Waals surface area (Å²) in [4.78, 5) is 13.0. The minimum atomic E-state index is -5.07. The minimum absolute atomic E-state index is 0.0236. The second kappa shape index (κ2) is 51.1. The molecule has 12 nitrogen and oxygen atoms in total. The summed E-state index contributed by atoms with van der Waals surface area (Å²) in [6.07, 6.45) is 60.4. The number of ether oxygens (including phenoxy) is 4. The molecule has 1 rings (SSSR count). The summed E-state index contributed by atoms with van der Waals surface area (Å²) in [5.74, 6) is -0.406. The van der Waals surface area contributed by atoms with Gasteiger partial charge in [0.15, 0.2) is 6.29 Å². The first kappa shape index (κ1) is 69.3. The monoisotopic (exact) mass is 1060 g/mol. The van der Waals surface area contributed by atoms with Gasteiger partial charge in [0.05, 0.1) is 19.8 Å². The molecule has 1 fully saturated rings. The first-order chi connectivity index (χ1) is 36.1. The number of rotatable bonds is 51. The zero-order valence-corrected chi connectivity index (χ0v) is 47.2. The summed E-state index contributed by atoms with van der Waals surface area (Å²) in [5, 5.41) is 30.9. The van der Waals surface area contributed by atoms with Crippen molar-refractivity contribution in [2.75, 3.05) is 26.4 Å². The summed E-state index contributed by atoms with van der Waals surface area (Å²) in [6.45, 7) is 3.87. The van der Waals surface area contributed by atoms with Crippen LogP contribution in [0.5, 0.6) is 0 Å². The number of esters is 1. The summed E-state index contributed by atoms with van der Waals surface area (Å²) in [5.41, 5.74) is 0. The Morgan fingerprint density at radius 2 is 0.932 bits per heavy atom. The highest BCUT2D eigenvalue weighted by atomic mass is 32.3. The molecule has 1 aliphatic heterocycles. The maximum absolute atomic E-state index is 13.0. The molecule has 1 heterocycles. The SMILES string of the molecule is CC/C=C\C/C=C\C/C=C\C/C=C\C/C=C\C/C=C\CCCCCCCCCOCC(COC1OC(CO)C(O)C(OS(=O)(=O)O)C1O)OC(=O)CCCCCCCCCCC/C=C\CCCCCCCCCC. The van der Waals surface area contributed by atoms with Crippen molar-refractivity contribution in [3.63, 3.8) is 0 Å². The number of carbonyl (C=O) groups excluding carboxylic acids is 1. The zero-order valence-electron chi connectivity index (χ0n) is 46.4. The summed E-state index contributed by atoms with van der Waals surface area (Å²) in [6, 6.07) is 0. The second-order valence-corrected chi connectivity index (χ2v) is 20.9. The van der Waals surface area contributed by atoms with Gasteiger partial charge in [-0.05, 0) is 89.9 Å². The Bertz CT molecular complexity index is 1600. The summed E-state index contributed by atoms with van der Waals surface area (Å²) >= 11 is 0. The third-order valence-corrected chi connectivity index (χ3v) is 13.5. The Morgan fingerprint density at radius 1 is 0.527 bits per heavy atom. The molecule has 6 unspecified atom stereocenters. The van der Waals surface area contributed by atoms with Crippen LogP contribution in [-0.2, 0) is 38.3 Å². The van der Waals surface area contributed by atoms with E-state index in [-0.39, 0.29) is 19.6 Å². The van der Waals surface area contributed by atoms with E-state index in [9.17, 15) is 33.1 Å². The Kier molecular flexibility index (Phi) is 47.8. The van der Waals surface area contributed by atoms with Crippen molar-refractivity contribution < 1.29 is 56.2 Å². The van der Waals surface area contributed by atoms with Crippen molar-refractivity contribution in [3.8, 4) is 0 Å². The molecule has 13 heteroatoms. The van der Waals surface area contributed by atoms with Crippen molar-refractivity contribution in [3.05, 3.63) is 85.1 Å². The van der Waals surface area contributed by atoms with Crippen LogP contribution in [0.4, 0.5) is 0 Å². The van der Waals surface area contributed by atoms with Gasteiger partial charge >= 0.3 is 16.4 Å². The molecular weight excluding hydrogens is 957 g/mol.